The summed E-state index contributed by atoms with van der Waals surface area (Å²) < 4.78 is 8.51. The molecule has 0 fully saturated rings. The molecular weight excluding hydrogens is 356 g/mol. The van der Waals surface area contributed by atoms with E-state index < -0.39 is 5.92 Å². The molecule has 0 bridgehead atoms. The number of Topliss-reactive ketones (excluding diaryl/α,β-unsaturated/α-hetero) is 1. The largest absolute Gasteiger partial charge is 0.469 e. The van der Waals surface area contributed by atoms with Gasteiger partial charge in [0.2, 0.25) is 0 Å². The lowest BCUT2D eigenvalue weighted by molar-refractivity contribution is -0.870. The van der Waals surface area contributed by atoms with E-state index in [1.165, 1.54) is 12.2 Å². The highest BCUT2D eigenvalue weighted by atomic mass is 16.5. The van der Waals surface area contributed by atoms with Gasteiger partial charge in [0.25, 0.3) is 5.88 Å². The monoisotopic (exact) mass is 383 g/mol. The number of hydrogen-bond acceptors (Lipinski definition) is 5. The Balaban J connectivity index is 2.08. The summed E-state index contributed by atoms with van der Waals surface area (Å²) in [5.41, 5.74) is 3.60. The third kappa shape index (κ3) is 3.89. The summed E-state index contributed by atoms with van der Waals surface area (Å²) in [6.07, 6.45) is 2.88. The number of likely N-dealkylation sites (N-methyl/N-ethyl adjacent to an activating group) is 1. The molecule has 2 aromatic heterocycles. The molecule has 148 valence electrons. The average Bonchev–Trinajstić information content (AvgIpc) is 2.96. The summed E-state index contributed by atoms with van der Waals surface area (Å²) in [6.45, 7) is 6.87. The van der Waals surface area contributed by atoms with E-state index in [0.717, 1.165) is 27.8 Å². The molecule has 7 heteroatoms. The topological polar surface area (TPSA) is 73.0 Å². The molecule has 0 amide bonds. The van der Waals surface area contributed by atoms with Crippen LogP contribution in [0.4, 0.5) is 5.69 Å². The zero-order valence-corrected chi connectivity index (χ0v) is 17.3. The lowest BCUT2D eigenvalue weighted by Crippen LogP contribution is -2.38. The summed E-state index contributed by atoms with van der Waals surface area (Å²) in [5, 5.41) is 4.60. The standard InChI is InChI=1S/C21H27N4O3/c1-13-7-9-17-19(22-16-8-10-18(26)14(2)20(16)27)21(23-24(17)15(13)3)28-12-11-25(4,5)6/h7-10,14H,11-12H2,1-6H3/q+1. The minimum absolute atomic E-state index is 0.199. The Bertz CT molecular complexity index is 1010. The number of ketones is 2. The first-order chi connectivity index (χ1) is 13.1. The van der Waals surface area contributed by atoms with Gasteiger partial charge in [0.05, 0.1) is 32.6 Å². The Hall–Kier alpha value is -2.80. The maximum Gasteiger partial charge on any atom is 0.260 e. The van der Waals surface area contributed by atoms with Crippen LogP contribution in [-0.4, -0.2) is 65.7 Å². The molecule has 0 spiro atoms. The van der Waals surface area contributed by atoms with E-state index in [1.54, 1.807) is 11.4 Å². The zero-order valence-electron chi connectivity index (χ0n) is 17.3. The lowest BCUT2D eigenvalue weighted by Gasteiger charge is -2.23. The molecule has 0 aliphatic heterocycles. The highest BCUT2D eigenvalue weighted by Gasteiger charge is 2.28. The van der Waals surface area contributed by atoms with E-state index in [0.29, 0.717) is 18.2 Å². The van der Waals surface area contributed by atoms with Gasteiger partial charge >= 0.3 is 0 Å². The van der Waals surface area contributed by atoms with Gasteiger partial charge in [0, 0.05) is 5.69 Å². The van der Waals surface area contributed by atoms with Crippen molar-refractivity contribution in [1.29, 1.82) is 0 Å². The van der Waals surface area contributed by atoms with Crippen LogP contribution in [0.2, 0.25) is 0 Å². The molecule has 0 saturated carbocycles. The molecule has 2 aromatic rings. The fourth-order valence-corrected chi connectivity index (χ4v) is 2.87. The van der Waals surface area contributed by atoms with Gasteiger partial charge in [-0.15, -0.1) is 5.10 Å². The SMILES string of the molecule is Cc1ccc2c(N=C3C=CC(=O)C(C)C3=O)c(OCC[N+](C)(C)C)nn2c1C. The van der Waals surface area contributed by atoms with Crippen molar-refractivity contribution in [2.75, 3.05) is 34.3 Å². The Labute approximate surface area is 164 Å². The van der Waals surface area contributed by atoms with Crippen LogP contribution < -0.4 is 4.74 Å². The fourth-order valence-electron chi connectivity index (χ4n) is 2.87. The number of aryl methyl sites for hydroxylation is 2. The summed E-state index contributed by atoms with van der Waals surface area (Å²) in [4.78, 5) is 28.8. The highest BCUT2D eigenvalue weighted by molar-refractivity contribution is 6.50. The smallest absolute Gasteiger partial charge is 0.260 e. The van der Waals surface area contributed by atoms with Crippen LogP contribution in [0.25, 0.3) is 5.52 Å². The number of aromatic nitrogens is 2. The second-order valence-electron chi connectivity index (χ2n) is 8.23. The van der Waals surface area contributed by atoms with Crippen molar-refractivity contribution in [2.24, 2.45) is 10.9 Å². The van der Waals surface area contributed by atoms with E-state index in [4.69, 9.17) is 4.74 Å². The zero-order chi connectivity index (χ0) is 20.6. The maximum absolute atomic E-state index is 12.5. The number of carbonyl (C=O) groups is 2. The third-order valence-corrected chi connectivity index (χ3v) is 4.95. The van der Waals surface area contributed by atoms with Gasteiger partial charge in [-0.05, 0) is 44.6 Å². The van der Waals surface area contributed by atoms with Crippen molar-refractivity contribution in [3.63, 3.8) is 0 Å². The third-order valence-electron chi connectivity index (χ3n) is 4.95. The van der Waals surface area contributed by atoms with Gasteiger partial charge in [-0.2, -0.15) is 0 Å². The predicted octanol–water partition coefficient (Wildman–Crippen LogP) is 2.45. The normalized spacial score (nSPS) is 19.1. The van der Waals surface area contributed by atoms with E-state index in [1.807, 2.05) is 26.0 Å². The first-order valence-corrected chi connectivity index (χ1v) is 9.35. The molecule has 28 heavy (non-hydrogen) atoms. The number of allylic oxidation sites excluding steroid dienone is 2. The number of carbonyl (C=O) groups excluding carboxylic acids is 2. The van der Waals surface area contributed by atoms with Crippen LogP contribution in [0.3, 0.4) is 0 Å². The maximum atomic E-state index is 12.5. The van der Waals surface area contributed by atoms with E-state index >= 15 is 0 Å². The molecular formula is C21H27N4O3+. The number of quaternary nitrogens is 1. The lowest BCUT2D eigenvalue weighted by atomic mass is 9.92. The second kappa shape index (κ2) is 7.31. The minimum atomic E-state index is -0.711. The van der Waals surface area contributed by atoms with Gasteiger partial charge in [-0.3, -0.25) is 9.59 Å². The van der Waals surface area contributed by atoms with Crippen molar-refractivity contribution >= 4 is 28.5 Å². The molecule has 1 aliphatic carbocycles. The van der Waals surface area contributed by atoms with Gasteiger partial charge in [-0.25, -0.2) is 9.51 Å². The predicted molar refractivity (Wildman–Crippen MR) is 108 cm³/mol. The van der Waals surface area contributed by atoms with E-state index in [-0.39, 0.29) is 17.3 Å². The summed E-state index contributed by atoms with van der Waals surface area (Å²) in [5.74, 6) is -0.805. The Morgan fingerprint density at radius 3 is 2.57 bits per heavy atom. The molecule has 7 nitrogen and oxygen atoms in total. The second-order valence-corrected chi connectivity index (χ2v) is 8.23. The number of fused-ring (bicyclic) bond motifs is 1. The molecule has 0 saturated heterocycles. The number of hydrogen-bond donors (Lipinski definition) is 0. The number of pyridine rings is 1. The van der Waals surface area contributed by atoms with Crippen molar-refractivity contribution in [1.82, 2.24) is 9.61 Å². The molecule has 1 aliphatic rings. The van der Waals surface area contributed by atoms with Crippen molar-refractivity contribution in [2.45, 2.75) is 20.8 Å². The van der Waals surface area contributed by atoms with E-state index in [2.05, 4.69) is 31.2 Å². The van der Waals surface area contributed by atoms with Gasteiger partial charge in [-0.1, -0.05) is 6.07 Å². The van der Waals surface area contributed by atoms with Gasteiger partial charge in [0.1, 0.15) is 18.9 Å². The number of nitrogens with zero attached hydrogens (tertiary/aromatic N) is 4. The molecule has 2 heterocycles. The summed E-state index contributed by atoms with van der Waals surface area (Å²) >= 11 is 0. The van der Waals surface area contributed by atoms with Crippen LogP contribution in [0.5, 0.6) is 5.88 Å². The van der Waals surface area contributed by atoms with Crippen molar-refractivity contribution in [3.05, 3.63) is 35.5 Å². The Kier molecular flexibility index (Phi) is 5.21. The van der Waals surface area contributed by atoms with Crippen LogP contribution in [-0.2, 0) is 9.59 Å². The number of ether oxygens (including phenoxy) is 1. The molecule has 1 atom stereocenters. The van der Waals surface area contributed by atoms with Crippen LogP contribution in [0, 0.1) is 19.8 Å². The van der Waals surface area contributed by atoms with Crippen molar-refractivity contribution < 1.29 is 18.8 Å². The number of rotatable bonds is 5. The molecule has 0 aromatic carbocycles. The van der Waals surface area contributed by atoms with Crippen LogP contribution in [0.1, 0.15) is 18.2 Å². The summed E-state index contributed by atoms with van der Waals surface area (Å²) in [6, 6.07) is 3.92. The highest BCUT2D eigenvalue weighted by Crippen LogP contribution is 2.34. The first kappa shape index (κ1) is 19.9. The van der Waals surface area contributed by atoms with E-state index in [9.17, 15) is 9.59 Å². The van der Waals surface area contributed by atoms with Gasteiger partial charge < -0.3 is 9.22 Å². The Morgan fingerprint density at radius 1 is 1.18 bits per heavy atom. The molecule has 0 N–H and O–H groups in total. The average molecular weight is 383 g/mol. The van der Waals surface area contributed by atoms with Crippen LogP contribution in [0.15, 0.2) is 29.3 Å². The number of aliphatic imine (C=N–C) groups is 1. The van der Waals surface area contributed by atoms with Crippen molar-refractivity contribution in [3.8, 4) is 5.88 Å². The molecule has 3 rings (SSSR count). The van der Waals surface area contributed by atoms with Gasteiger partial charge in [0.15, 0.2) is 17.3 Å². The quantitative estimate of drug-likeness (QED) is 0.587. The minimum Gasteiger partial charge on any atom is -0.469 e. The summed E-state index contributed by atoms with van der Waals surface area (Å²) in [7, 11) is 6.27. The van der Waals surface area contributed by atoms with Crippen LogP contribution >= 0.6 is 0 Å². The first-order valence-electron chi connectivity index (χ1n) is 9.35. The fraction of sp³-hybridized carbons (Fsp3) is 0.429. The molecule has 1 unspecified atom stereocenters. The Morgan fingerprint density at radius 2 is 1.89 bits per heavy atom. The molecule has 0 radical (unpaired) electrons.